The number of rotatable bonds is 6. The number of hydrogen-bond donors (Lipinski definition) is 2. The van der Waals surface area contributed by atoms with Crippen molar-refractivity contribution in [3.63, 3.8) is 0 Å². The van der Waals surface area contributed by atoms with Crippen molar-refractivity contribution < 1.29 is 23.9 Å². The SMILES string of the molecule is COC(=O)c1ccc(NC(=O)COC(=O)Cn2[nH]c(=O)c3ccccc3c2=O)cc1. The van der Waals surface area contributed by atoms with Crippen LogP contribution in [0.5, 0.6) is 0 Å². The van der Waals surface area contributed by atoms with Gasteiger partial charge in [0.05, 0.1) is 23.4 Å². The molecule has 0 spiro atoms. The van der Waals surface area contributed by atoms with E-state index >= 15 is 0 Å². The summed E-state index contributed by atoms with van der Waals surface area (Å²) in [7, 11) is 1.26. The summed E-state index contributed by atoms with van der Waals surface area (Å²) >= 11 is 0. The number of anilines is 1. The standard InChI is InChI=1S/C20H17N3O7/c1-29-20(28)12-6-8-13(9-7-12)21-16(24)11-30-17(25)10-23-19(27)15-5-3-2-4-14(15)18(26)22-23/h2-9H,10-11H2,1H3,(H,21,24)(H,22,26). The Morgan fingerprint density at radius 1 is 1.00 bits per heavy atom. The Labute approximate surface area is 169 Å². The molecule has 3 rings (SSSR count). The summed E-state index contributed by atoms with van der Waals surface area (Å²) in [6.07, 6.45) is 0. The number of nitrogens with zero attached hydrogens (tertiary/aromatic N) is 1. The van der Waals surface area contributed by atoms with Gasteiger partial charge in [0.1, 0.15) is 6.54 Å². The lowest BCUT2D eigenvalue weighted by molar-refractivity contribution is -0.148. The van der Waals surface area contributed by atoms with Gasteiger partial charge in [-0.2, -0.15) is 0 Å². The lowest BCUT2D eigenvalue weighted by atomic mass is 10.2. The first-order valence-corrected chi connectivity index (χ1v) is 8.75. The Morgan fingerprint density at radius 2 is 1.67 bits per heavy atom. The molecular formula is C20H17N3O7. The molecule has 0 aliphatic heterocycles. The zero-order valence-corrected chi connectivity index (χ0v) is 15.8. The molecule has 0 radical (unpaired) electrons. The number of carbonyl (C=O) groups is 3. The molecule has 0 saturated carbocycles. The van der Waals surface area contributed by atoms with Crippen molar-refractivity contribution in [3.8, 4) is 0 Å². The Hall–Kier alpha value is -4.21. The third kappa shape index (κ3) is 4.61. The monoisotopic (exact) mass is 411 g/mol. The van der Waals surface area contributed by atoms with Crippen LogP contribution in [0.15, 0.2) is 58.1 Å². The van der Waals surface area contributed by atoms with Gasteiger partial charge in [-0.25, -0.2) is 9.48 Å². The van der Waals surface area contributed by atoms with Crippen molar-refractivity contribution in [2.24, 2.45) is 0 Å². The van der Waals surface area contributed by atoms with Gasteiger partial charge in [-0.05, 0) is 36.4 Å². The van der Waals surface area contributed by atoms with Crippen LogP contribution >= 0.6 is 0 Å². The second-order valence-electron chi connectivity index (χ2n) is 6.16. The lowest BCUT2D eigenvalue weighted by Gasteiger charge is -2.09. The van der Waals surface area contributed by atoms with Gasteiger partial charge in [0.2, 0.25) is 0 Å². The molecule has 10 nitrogen and oxygen atoms in total. The molecule has 1 heterocycles. The molecule has 0 saturated heterocycles. The summed E-state index contributed by atoms with van der Waals surface area (Å²) < 4.78 is 10.3. The highest BCUT2D eigenvalue weighted by Gasteiger charge is 2.13. The molecule has 30 heavy (non-hydrogen) atoms. The van der Waals surface area contributed by atoms with Crippen LogP contribution in [0, 0.1) is 0 Å². The van der Waals surface area contributed by atoms with Crippen LogP contribution in [0.25, 0.3) is 10.8 Å². The van der Waals surface area contributed by atoms with Gasteiger partial charge in [-0.1, -0.05) is 12.1 Å². The minimum atomic E-state index is -0.876. The molecule has 154 valence electrons. The topological polar surface area (TPSA) is 137 Å². The van der Waals surface area contributed by atoms with Crippen LogP contribution in [0.3, 0.4) is 0 Å². The third-order valence-corrected chi connectivity index (χ3v) is 4.12. The number of esters is 2. The average Bonchev–Trinajstić information content (AvgIpc) is 2.76. The highest BCUT2D eigenvalue weighted by molar-refractivity contribution is 5.94. The second-order valence-corrected chi connectivity index (χ2v) is 6.16. The Balaban J connectivity index is 1.58. The molecule has 0 atom stereocenters. The summed E-state index contributed by atoms with van der Waals surface area (Å²) in [5.74, 6) is -2.00. The first kappa shape index (κ1) is 20.5. The Kier molecular flexibility index (Phi) is 6.06. The van der Waals surface area contributed by atoms with Gasteiger partial charge >= 0.3 is 11.9 Å². The van der Waals surface area contributed by atoms with Gasteiger partial charge in [0, 0.05) is 5.69 Å². The molecule has 2 aromatic carbocycles. The molecule has 0 aliphatic carbocycles. The first-order valence-electron chi connectivity index (χ1n) is 8.75. The molecular weight excluding hydrogens is 394 g/mol. The second kappa shape index (κ2) is 8.86. The summed E-state index contributed by atoms with van der Waals surface area (Å²) in [6.45, 7) is -1.15. The molecule has 1 aromatic heterocycles. The van der Waals surface area contributed by atoms with E-state index in [1.54, 1.807) is 12.1 Å². The summed E-state index contributed by atoms with van der Waals surface area (Å²) in [4.78, 5) is 59.7. The fourth-order valence-electron chi connectivity index (χ4n) is 2.68. The zero-order valence-electron chi connectivity index (χ0n) is 15.8. The average molecular weight is 411 g/mol. The number of aromatic nitrogens is 2. The third-order valence-electron chi connectivity index (χ3n) is 4.12. The number of hydrogen-bond acceptors (Lipinski definition) is 7. The van der Waals surface area contributed by atoms with E-state index in [-0.39, 0.29) is 10.8 Å². The largest absolute Gasteiger partial charge is 0.465 e. The smallest absolute Gasteiger partial charge is 0.337 e. The molecule has 0 aliphatic rings. The molecule has 0 unspecified atom stereocenters. The number of nitrogens with one attached hydrogen (secondary N) is 2. The van der Waals surface area contributed by atoms with Crippen LogP contribution in [0.4, 0.5) is 5.69 Å². The molecule has 3 aromatic rings. The van der Waals surface area contributed by atoms with Crippen molar-refractivity contribution in [3.05, 3.63) is 74.8 Å². The summed E-state index contributed by atoms with van der Waals surface area (Å²) in [5.41, 5.74) is -0.376. The maximum atomic E-state index is 12.4. The molecule has 2 N–H and O–H groups in total. The van der Waals surface area contributed by atoms with Crippen LogP contribution in [-0.2, 0) is 25.6 Å². The quantitative estimate of drug-likeness (QED) is 0.569. The fourth-order valence-corrected chi connectivity index (χ4v) is 2.68. The van der Waals surface area contributed by atoms with Gasteiger partial charge in [0.15, 0.2) is 6.61 Å². The predicted octanol–water partition coefficient (Wildman–Crippen LogP) is 0.658. The van der Waals surface area contributed by atoms with Crippen molar-refractivity contribution >= 4 is 34.3 Å². The lowest BCUT2D eigenvalue weighted by Crippen LogP contribution is -2.33. The van der Waals surface area contributed by atoms with E-state index in [4.69, 9.17) is 4.74 Å². The van der Waals surface area contributed by atoms with Gasteiger partial charge in [-0.3, -0.25) is 24.3 Å². The van der Waals surface area contributed by atoms with E-state index in [9.17, 15) is 24.0 Å². The van der Waals surface area contributed by atoms with E-state index in [0.717, 1.165) is 4.68 Å². The van der Waals surface area contributed by atoms with Crippen LogP contribution in [-0.4, -0.2) is 41.3 Å². The molecule has 0 fully saturated rings. The normalized spacial score (nSPS) is 10.4. The molecule has 10 heteroatoms. The van der Waals surface area contributed by atoms with E-state index < -0.39 is 42.1 Å². The van der Waals surface area contributed by atoms with Crippen LogP contribution in [0.1, 0.15) is 10.4 Å². The number of methoxy groups -OCH3 is 1. The Morgan fingerprint density at radius 3 is 2.33 bits per heavy atom. The number of fused-ring (bicyclic) bond motifs is 1. The van der Waals surface area contributed by atoms with Crippen LogP contribution in [0.2, 0.25) is 0 Å². The van der Waals surface area contributed by atoms with Crippen LogP contribution < -0.4 is 16.4 Å². The zero-order chi connectivity index (χ0) is 21.7. The maximum absolute atomic E-state index is 12.4. The van der Waals surface area contributed by atoms with E-state index in [1.165, 1.54) is 43.5 Å². The number of amides is 1. The highest BCUT2D eigenvalue weighted by Crippen LogP contribution is 2.10. The van der Waals surface area contributed by atoms with Crippen molar-refractivity contribution in [1.82, 2.24) is 9.78 Å². The highest BCUT2D eigenvalue weighted by atomic mass is 16.5. The molecule has 0 bridgehead atoms. The summed E-state index contributed by atoms with van der Waals surface area (Å²) in [5, 5.41) is 5.18. The van der Waals surface area contributed by atoms with Gasteiger partial charge < -0.3 is 14.8 Å². The van der Waals surface area contributed by atoms with Crippen molar-refractivity contribution in [2.45, 2.75) is 6.54 Å². The number of ether oxygens (including phenoxy) is 2. The maximum Gasteiger partial charge on any atom is 0.337 e. The minimum Gasteiger partial charge on any atom is -0.465 e. The number of benzene rings is 2. The van der Waals surface area contributed by atoms with Crippen molar-refractivity contribution in [2.75, 3.05) is 19.0 Å². The van der Waals surface area contributed by atoms with Gasteiger partial charge in [0.25, 0.3) is 17.0 Å². The minimum absolute atomic E-state index is 0.169. The van der Waals surface area contributed by atoms with E-state index in [0.29, 0.717) is 11.3 Å². The number of aromatic amines is 1. The molecule has 1 amide bonds. The number of carbonyl (C=O) groups excluding carboxylic acids is 3. The fraction of sp³-hybridized carbons (Fsp3) is 0.150. The Bertz CT molecular complexity index is 1230. The van der Waals surface area contributed by atoms with Gasteiger partial charge in [-0.15, -0.1) is 0 Å². The van der Waals surface area contributed by atoms with E-state index in [2.05, 4.69) is 15.2 Å². The number of H-pyrrole nitrogens is 1. The van der Waals surface area contributed by atoms with E-state index in [1.807, 2.05) is 0 Å². The predicted molar refractivity (Wildman–Crippen MR) is 106 cm³/mol. The summed E-state index contributed by atoms with van der Waals surface area (Å²) in [6, 6.07) is 12.1. The van der Waals surface area contributed by atoms with Crippen molar-refractivity contribution in [1.29, 1.82) is 0 Å². The first-order chi connectivity index (χ1) is 14.4.